The number of hydrogen-bond acceptors (Lipinski definition) is 5. The highest BCUT2D eigenvalue weighted by molar-refractivity contribution is 7.98. The minimum absolute atomic E-state index is 0.00430. The van der Waals surface area contributed by atoms with Crippen molar-refractivity contribution in [3.63, 3.8) is 0 Å². The molecule has 248 valence electrons. The number of nitrogens with zero attached hydrogens (tertiary/aromatic N) is 4. The van der Waals surface area contributed by atoms with E-state index in [1.54, 1.807) is 22.9 Å². The number of aryl methyl sites for hydroxylation is 1. The lowest BCUT2D eigenvalue weighted by atomic mass is 10.0. The minimum atomic E-state index is -4.39. The number of amides is 1. The highest BCUT2D eigenvalue weighted by atomic mass is 32.2. The van der Waals surface area contributed by atoms with Crippen LogP contribution in [0.2, 0.25) is 0 Å². The molecule has 4 aromatic rings. The van der Waals surface area contributed by atoms with Gasteiger partial charge < -0.3 is 14.4 Å². The number of halogens is 4. The highest BCUT2D eigenvalue weighted by Crippen LogP contribution is 2.31. The average Bonchev–Trinajstić information content (AvgIpc) is 3.07. The molecule has 1 amide bonds. The third-order valence-electron chi connectivity index (χ3n) is 8.36. The third-order valence-corrected chi connectivity index (χ3v) is 9.42. The summed E-state index contributed by atoms with van der Waals surface area (Å²) >= 11 is 1.32. The van der Waals surface area contributed by atoms with Crippen LogP contribution in [0.15, 0.2) is 88.9 Å². The van der Waals surface area contributed by atoms with E-state index in [1.165, 1.54) is 42.4 Å². The van der Waals surface area contributed by atoms with Gasteiger partial charge in [0.05, 0.1) is 5.56 Å². The predicted octanol–water partition coefficient (Wildman–Crippen LogP) is 7.44. The Kier molecular flexibility index (Phi) is 11.5. The Morgan fingerprint density at radius 2 is 1.51 bits per heavy atom. The molecular formula is C36H38F4N4O2S. The van der Waals surface area contributed by atoms with Gasteiger partial charge in [0.15, 0.2) is 5.16 Å². The molecule has 0 radical (unpaired) electrons. The Morgan fingerprint density at radius 3 is 2.13 bits per heavy atom. The smallest absolute Gasteiger partial charge is 0.336 e. The number of carbonyl (C=O) groups excluding carboxylic acids is 1. The Hall–Kier alpha value is -3.96. The van der Waals surface area contributed by atoms with Crippen molar-refractivity contribution < 1.29 is 22.4 Å². The van der Waals surface area contributed by atoms with Gasteiger partial charge >= 0.3 is 6.18 Å². The monoisotopic (exact) mass is 666 g/mol. The first-order valence-electron chi connectivity index (χ1n) is 15.8. The van der Waals surface area contributed by atoms with Gasteiger partial charge in [-0.05, 0) is 78.9 Å². The number of piperidine rings is 1. The molecule has 2 heterocycles. The zero-order valence-electron chi connectivity index (χ0n) is 26.3. The first-order valence-corrected chi connectivity index (χ1v) is 16.8. The summed E-state index contributed by atoms with van der Waals surface area (Å²) in [5.41, 5.74) is 2.71. The summed E-state index contributed by atoms with van der Waals surface area (Å²) in [7, 11) is 0. The van der Waals surface area contributed by atoms with E-state index in [9.17, 15) is 27.2 Å². The van der Waals surface area contributed by atoms with Gasteiger partial charge in [-0.2, -0.15) is 18.2 Å². The quantitative estimate of drug-likeness (QED) is 0.0894. The molecule has 0 atom stereocenters. The number of hydrogen-bond donors (Lipinski definition) is 0. The van der Waals surface area contributed by atoms with Gasteiger partial charge in [0, 0.05) is 37.1 Å². The van der Waals surface area contributed by atoms with E-state index in [1.807, 2.05) is 36.1 Å². The molecule has 47 heavy (non-hydrogen) atoms. The standard InChI is InChI=1S/C36H38F4N4O2S/c1-2-28-23-44(35(41-34(28)46)47-25-27-8-16-32(37)17-9-27)24-33(45)43(21-20-42-18-4-3-5-19-42)22-26-6-10-29(11-7-26)30-12-14-31(15-13-30)36(38,39)40/h6-17,23H,2-5,18-22,24-25H2,1H3. The number of carbonyl (C=O) groups is 1. The van der Waals surface area contributed by atoms with Gasteiger partial charge in [0.2, 0.25) is 5.91 Å². The van der Waals surface area contributed by atoms with Crippen LogP contribution >= 0.6 is 11.8 Å². The van der Waals surface area contributed by atoms with Crippen molar-refractivity contribution in [3.8, 4) is 11.1 Å². The number of likely N-dealkylation sites (tertiary alicyclic amines) is 1. The van der Waals surface area contributed by atoms with Gasteiger partial charge in [0.25, 0.3) is 5.56 Å². The van der Waals surface area contributed by atoms with Crippen LogP contribution < -0.4 is 5.56 Å². The second-order valence-electron chi connectivity index (χ2n) is 11.7. The van der Waals surface area contributed by atoms with Crippen molar-refractivity contribution in [2.24, 2.45) is 0 Å². The molecule has 3 aromatic carbocycles. The molecule has 1 aliphatic heterocycles. The molecule has 0 unspecified atom stereocenters. The number of alkyl halides is 3. The van der Waals surface area contributed by atoms with E-state index >= 15 is 0 Å². The largest absolute Gasteiger partial charge is 0.416 e. The topological polar surface area (TPSA) is 58.4 Å². The highest BCUT2D eigenvalue weighted by Gasteiger charge is 2.30. The Bertz CT molecular complexity index is 1690. The summed E-state index contributed by atoms with van der Waals surface area (Å²) < 4.78 is 54.2. The molecule has 11 heteroatoms. The van der Waals surface area contributed by atoms with Gasteiger partial charge in [-0.1, -0.05) is 73.6 Å². The lowest BCUT2D eigenvalue weighted by Crippen LogP contribution is -2.41. The number of rotatable bonds is 12. The number of benzene rings is 3. The predicted molar refractivity (Wildman–Crippen MR) is 176 cm³/mol. The first-order chi connectivity index (χ1) is 22.6. The zero-order chi connectivity index (χ0) is 33.4. The van der Waals surface area contributed by atoms with Crippen LogP contribution in [0.3, 0.4) is 0 Å². The molecule has 0 bridgehead atoms. The number of aromatic nitrogens is 2. The maximum atomic E-state index is 14.0. The van der Waals surface area contributed by atoms with Crippen molar-refractivity contribution in [3.05, 3.63) is 117 Å². The van der Waals surface area contributed by atoms with E-state index in [0.29, 0.717) is 41.5 Å². The first kappa shape index (κ1) is 34.4. The van der Waals surface area contributed by atoms with Gasteiger partial charge in [-0.25, -0.2) is 4.39 Å². The molecule has 1 saturated heterocycles. The van der Waals surface area contributed by atoms with E-state index in [2.05, 4.69) is 9.88 Å². The van der Waals surface area contributed by atoms with Crippen LogP contribution in [-0.2, 0) is 36.2 Å². The van der Waals surface area contributed by atoms with E-state index in [-0.39, 0.29) is 23.8 Å². The normalized spacial score (nSPS) is 13.9. The van der Waals surface area contributed by atoms with E-state index < -0.39 is 11.7 Å². The molecule has 0 N–H and O–H groups in total. The lowest BCUT2D eigenvalue weighted by Gasteiger charge is -2.30. The molecule has 5 rings (SSSR count). The van der Waals surface area contributed by atoms with Crippen molar-refractivity contribution in [1.29, 1.82) is 0 Å². The van der Waals surface area contributed by atoms with E-state index in [4.69, 9.17) is 0 Å². The fourth-order valence-corrected chi connectivity index (χ4v) is 6.50. The molecular weight excluding hydrogens is 628 g/mol. The summed E-state index contributed by atoms with van der Waals surface area (Å²) in [6.07, 6.45) is 1.28. The Labute approximate surface area is 276 Å². The molecule has 0 saturated carbocycles. The maximum absolute atomic E-state index is 14.0. The summed E-state index contributed by atoms with van der Waals surface area (Å²) in [4.78, 5) is 35.1. The third kappa shape index (κ3) is 9.54. The van der Waals surface area contributed by atoms with Crippen molar-refractivity contribution in [1.82, 2.24) is 19.4 Å². The average molecular weight is 667 g/mol. The van der Waals surface area contributed by atoms with Crippen molar-refractivity contribution in [2.75, 3.05) is 26.2 Å². The van der Waals surface area contributed by atoms with Crippen LogP contribution in [0.25, 0.3) is 11.1 Å². The summed E-state index contributed by atoms with van der Waals surface area (Å²) in [6.45, 7) is 5.47. The van der Waals surface area contributed by atoms with Gasteiger partial charge in [-0.3, -0.25) is 9.59 Å². The number of thioether (sulfide) groups is 1. The molecule has 0 aliphatic carbocycles. The van der Waals surface area contributed by atoms with Crippen LogP contribution in [0.5, 0.6) is 0 Å². The maximum Gasteiger partial charge on any atom is 0.416 e. The zero-order valence-corrected chi connectivity index (χ0v) is 27.1. The van der Waals surface area contributed by atoms with Gasteiger partial charge in [-0.15, -0.1) is 0 Å². The van der Waals surface area contributed by atoms with Crippen molar-refractivity contribution >= 4 is 17.7 Å². The Morgan fingerprint density at radius 1 is 0.894 bits per heavy atom. The fourth-order valence-electron chi connectivity index (χ4n) is 5.58. The summed E-state index contributed by atoms with van der Waals surface area (Å²) in [5, 5.41) is 0.418. The van der Waals surface area contributed by atoms with Crippen LogP contribution in [0, 0.1) is 5.82 Å². The Balaban J connectivity index is 1.34. The molecule has 1 fully saturated rings. The fraction of sp³-hybridized carbons (Fsp3) is 0.361. The molecule has 1 aliphatic rings. The molecule has 1 aromatic heterocycles. The minimum Gasteiger partial charge on any atom is -0.336 e. The summed E-state index contributed by atoms with van der Waals surface area (Å²) in [6, 6.07) is 18.7. The SMILES string of the molecule is CCc1cn(CC(=O)N(CCN2CCCCC2)Cc2ccc(-c3ccc(C(F)(F)F)cc3)cc2)c(SCc2ccc(F)cc2)nc1=O. The molecule has 0 spiro atoms. The second-order valence-corrected chi connectivity index (χ2v) is 12.7. The molecule has 6 nitrogen and oxygen atoms in total. The van der Waals surface area contributed by atoms with Crippen LogP contribution in [0.1, 0.15) is 48.4 Å². The summed E-state index contributed by atoms with van der Waals surface area (Å²) in [5.74, 6) is 0.00610. The van der Waals surface area contributed by atoms with E-state index in [0.717, 1.165) is 61.3 Å². The lowest BCUT2D eigenvalue weighted by molar-refractivity contribution is -0.137. The van der Waals surface area contributed by atoms with Gasteiger partial charge in [0.1, 0.15) is 12.4 Å². The van der Waals surface area contributed by atoms with Crippen LogP contribution in [0.4, 0.5) is 17.6 Å². The second kappa shape index (κ2) is 15.8. The van der Waals surface area contributed by atoms with Crippen LogP contribution in [-0.4, -0.2) is 51.4 Å². The van der Waals surface area contributed by atoms with Crippen molar-refractivity contribution in [2.45, 2.75) is 62.8 Å².